The van der Waals surface area contributed by atoms with Gasteiger partial charge in [0.15, 0.2) is 0 Å². The summed E-state index contributed by atoms with van der Waals surface area (Å²) in [4.78, 5) is 19.9. The first kappa shape index (κ1) is 33.9. The van der Waals surface area contributed by atoms with Crippen molar-refractivity contribution in [3.05, 3.63) is 118 Å². The van der Waals surface area contributed by atoms with Crippen LogP contribution < -0.4 is 14.8 Å². The number of hydrogen-bond acceptors (Lipinski definition) is 10. The average Bonchev–Trinajstić information content (AvgIpc) is 3.58. The molecular weight excluding hydrogens is 687 g/mol. The molecular formula is C35H30ClFN6O4S2. The van der Waals surface area contributed by atoms with Crippen LogP contribution >= 0.6 is 22.9 Å². The maximum Gasteiger partial charge on any atom is 0.225 e. The SMILES string of the molecule is COc1cc2ncnc(Nc3ccc(OCc4cccc(F)c4)c(Cl)c3)c2cc1-c1csc(CCN(C=S(=O)=O)CCc2ccccn2)n1. The molecule has 3 aromatic heterocycles. The predicted octanol–water partition coefficient (Wildman–Crippen LogP) is 7.00. The molecule has 3 heterocycles. The van der Waals surface area contributed by atoms with Gasteiger partial charge in [0, 0.05) is 65.9 Å². The second-order valence-electron chi connectivity index (χ2n) is 10.8. The highest BCUT2D eigenvalue weighted by Gasteiger charge is 2.16. The van der Waals surface area contributed by atoms with E-state index in [-0.39, 0.29) is 12.4 Å². The largest absolute Gasteiger partial charge is 0.496 e. The molecule has 0 amide bonds. The fraction of sp³-hybridized carbons (Fsp3) is 0.171. The molecule has 0 fully saturated rings. The number of fused-ring (bicyclic) bond motifs is 1. The van der Waals surface area contributed by atoms with Crippen molar-refractivity contribution in [3.63, 3.8) is 0 Å². The van der Waals surface area contributed by atoms with E-state index in [2.05, 4.69) is 20.3 Å². The zero-order valence-electron chi connectivity index (χ0n) is 26.2. The summed E-state index contributed by atoms with van der Waals surface area (Å²) < 4.78 is 48.0. The van der Waals surface area contributed by atoms with Gasteiger partial charge in [0.1, 0.15) is 41.6 Å². The molecule has 6 aromatic rings. The quantitative estimate of drug-likeness (QED) is 0.118. The van der Waals surface area contributed by atoms with Gasteiger partial charge in [-0.25, -0.2) is 19.3 Å². The lowest BCUT2D eigenvalue weighted by molar-refractivity contribution is 0.306. The molecule has 250 valence electrons. The Morgan fingerprint density at radius 3 is 2.63 bits per heavy atom. The molecule has 0 aliphatic heterocycles. The minimum absolute atomic E-state index is 0.174. The Hall–Kier alpha value is -4.95. The molecule has 0 saturated heterocycles. The summed E-state index contributed by atoms with van der Waals surface area (Å²) in [5.41, 5.74) is 5.61. The van der Waals surface area contributed by atoms with Gasteiger partial charge < -0.3 is 14.8 Å². The molecule has 0 unspecified atom stereocenters. The molecule has 0 aliphatic rings. The van der Waals surface area contributed by atoms with Crippen LogP contribution in [0.3, 0.4) is 0 Å². The van der Waals surface area contributed by atoms with E-state index >= 15 is 0 Å². The molecule has 0 bridgehead atoms. The maximum atomic E-state index is 13.5. The third-order valence-electron chi connectivity index (χ3n) is 7.49. The highest BCUT2D eigenvalue weighted by molar-refractivity contribution is 7.71. The Morgan fingerprint density at radius 1 is 0.980 bits per heavy atom. The first-order valence-corrected chi connectivity index (χ1v) is 17.5. The van der Waals surface area contributed by atoms with Crippen molar-refractivity contribution in [2.75, 3.05) is 25.5 Å². The van der Waals surface area contributed by atoms with Crippen LogP contribution in [0.25, 0.3) is 22.2 Å². The standard InChI is InChI=1S/C35H30ClFN6O4S2/c1-46-33-18-30-28(35(40-21-39-30)41-26-8-9-32(29(36)16-26)47-19-23-5-4-6-24(37)15-23)17-27(33)31-20-48-34(42-31)11-14-43(22-49(44)45)13-10-25-7-2-3-12-38-25/h2-9,12,15-18,20-22H,10-11,13-14,19H2,1H3,(H,39,40,41). The molecule has 3 aromatic carbocycles. The third kappa shape index (κ3) is 8.95. The van der Waals surface area contributed by atoms with Crippen LogP contribution in [0.2, 0.25) is 5.02 Å². The summed E-state index contributed by atoms with van der Waals surface area (Å²) in [7, 11) is -0.735. The summed E-state index contributed by atoms with van der Waals surface area (Å²) in [5.74, 6) is 1.29. The number of thiazole rings is 1. The van der Waals surface area contributed by atoms with E-state index in [1.54, 1.807) is 42.5 Å². The molecule has 6 rings (SSSR count). The van der Waals surface area contributed by atoms with E-state index in [0.717, 1.165) is 21.7 Å². The van der Waals surface area contributed by atoms with Crippen LogP contribution in [0.5, 0.6) is 11.5 Å². The van der Waals surface area contributed by atoms with Gasteiger partial charge in [-0.2, -0.15) is 8.42 Å². The van der Waals surface area contributed by atoms with Gasteiger partial charge in [0.2, 0.25) is 10.3 Å². The minimum atomic E-state index is -2.33. The Labute approximate surface area is 292 Å². The molecule has 1 N–H and O–H groups in total. The molecule has 0 atom stereocenters. The second-order valence-corrected chi connectivity index (χ2v) is 12.9. The van der Waals surface area contributed by atoms with Crippen molar-refractivity contribution in [3.8, 4) is 22.8 Å². The van der Waals surface area contributed by atoms with Gasteiger partial charge in [-0.15, -0.1) is 11.3 Å². The number of benzene rings is 3. The van der Waals surface area contributed by atoms with Crippen LogP contribution in [-0.4, -0.2) is 58.9 Å². The summed E-state index contributed by atoms with van der Waals surface area (Å²) >= 11 is 8.03. The Balaban J connectivity index is 1.18. The van der Waals surface area contributed by atoms with E-state index < -0.39 is 10.3 Å². The molecule has 14 heteroatoms. The minimum Gasteiger partial charge on any atom is -0.496 e. The number of nitrogens with one attached hydrogen (secondary N) is 1. The van der Waals surface area contributed by atoms with Gasteiger partial charge in [-0.1, -0.05) is 29.8 Å². The van der Waals surface area contributed by atoms with Gasteiger partial charge in [-0.05, 0) is 54.1 Å². The first-order valence-electron chi connectivity index (χ1n) is 15.1. The average molecular weight is 717 g/mol. The monoisotopic (exact) mass is 716 g/mol. The lowest BCUT2D eigenvalue weighted by Gasteiger charge is -2.15. The number of hydrogen-bond donors (Lipinski definition) is 1. The Bertz CT molecular complexity index is 2210. The topological polar surface area (TPSA) is 119 Å². The number of halogens is 2. The van der Waals surface area contributed by atoms with Crippen LogP contribution in [0.4, 0.5) is 15.9 Å². The lowest BCUT2D eigenvalue weighted by atomic mass is 10.1. The fourth-order valence-electron chi connectivity index (χ4n) is 5.10. The molecule has 0 saturated carbocycles. The predicted molar refractivity (Wildman–Crippen MR) is 191 cm³/mol. The number of ether oxygens (including phenoxy) is 2. The van der Waals surface area contributed by atoms with Crippen LogP contribution in [0.1, 0.15) is 16.3 Å². The Morgan fingerprint density at radius 2 is 1.86 bits per heavy atom. The molecule has 0 spiro atoms. The van der Waals surface area contributed by atoms with Crippen molar-refractivity contribution in [2.24, 2.45) is 0 Å². The van der Waals surface area contributed by atoms with E-state index in [0.29, 0.717) is 70.7 Å². The maximum absolute atomic E-state index is 13.5. The number of methoxy groups -OCH3 is 1. The van der Waals surface area contributed by atoms with E-state index in [1.807, 2.05) is 41.8 Å². The highest BCUT2D eigenvalue weighted by atomic mass is 35.5. The summed E-state index contributed by atoms with van der Waals surface area (Å²) in [6.07, 6.45) is 4.36. The van der Waals surface area contributed by atoms with E-state index in [4.69, 9.17) is 26.1 Å². The van der Waals surface area contributed by atoms with Crippen molar-refractivity contribution < 1.29 is 22.3 Å². The molecule has 10 nitrogen and oxygen atoms in total. The van der Waals surface area contributed by atoms with Crippen molar-refractivity contribution in [2.45, 2.75) is 19.4 Å². The fourth-order valence-corrected chi connectivity index (χ4v) is 6.58. The van der Waals surface area contributed by atoms with Gasteiger partial charge in [0.05, 0.1) is 28.4 Å². The molecule has 0 aliphatic carbocycles. The van der Waals surface area contributed by atoms with Gasteiger partial charge >= 0.3 is 0 Å². The molecule has 49 heavy (non-hydrogen) atoms. The molecule has 0 radical (unpaired) electrons. The number of anilines is 2. The zero-order chi connectivity index (χ0) is 34.2. The Kier molecular flexibility index (Phi) is 11.1. The van der Waals surface area contributed by atoms with Gasteiger partial charge in [0.25, 0.3) is 0 Å². The van der Waals surface area contributed by atoms with Crippen molar-refractivity contribution in [1.82, 2.24) is 24.8 Å². The summed E-state index contributed by atoms with van der Waals surface area (Å²) in [6.45, 7) is 1.16. The summed E-state index contributed by atoms with van der Waals surface area (Å²) in [6, 6.07) is 20.9. The third-order valence-corrected chi connectivity index (χ3v) is 9.17. The normalized spacial score (nSPS) is 11.1. The lowest BCUT2D eigenvalue weighted by Crippen LogP contribution is -2.27. The second kappa shape index (κ2) is 16.0. The van der Waals surface area contributed by atoms with Gasteiger partial charge in [-0.3, -0.25) is 9.88 Å². The zero-order valence-corrected chi connectivity index (χ0v) is 28.6. The van der Waals surface area contributed by atoms with Crippen molar-refractivity contribution >= 4 is 61.1 Å². The number of aromatic nitrogens is 4. The summed E-state index contributed by atoms with van der Waals surface area (Å²) in [5, 5.41) is 7.25. The number of rotatable bonds is 14. The van der Waals surface area contributed by atoms with E-state index in [9.17, 15) is 12.8 Å². The van der Waals surface area contributed by atoms with E-state index in [1.165, 1.54) is 35.3 Å². The first-order chi connectivity index (χ1) is 23.8. The number of pyridine rings is 1. The van der Waals surface area contributed by atoms with Crippen LogP contribution in [0.15, 0.2) is 90.7 Å². The van der Waals surface area contributed by atoms with Crippen LogP contribution in [0, 0.1) is 5.82 Å². The highest BCUT2D eigenvalue weighted by Crippen LogP contribution is 2.37. The number of nitrogens with zero attached hydrogens (tertiary/aromatic N) is 5. The van der Waals surface area contributed by atoms with Crippen LogP contribution in [-0.2, 0) is 29.7 Å². The smallest absolute Gasteiger partial charge is 0.225 e. The van der Waals surface area contributed by atoms with Crippen molar-refractivity contribution in [1.29, 1.82) is 0 Å².